The molecule has 2 aromatic carbocycles. The zero-order valence-corrected chi connectivity index (χ0v) is 16.2. The Hall–Kier alpha value is -2.66. The van der Waals surface area contributed by atoms with Crippen LogP contribution in [-0.2, 0) is 6.54 Å². The van der Waals surface area contributed by atoms with Gasteiger partial charge in [0.05, 0.1) is 5.56 Å². The molecular weight excluding hydrogens is 392 g/mol. The largest absolute Gasteiger partial charge is 0.439 e. The van der Waals surface area contributed by atoms with Gasteiger partial charge in [-0.15, -0.1) is 0 Å². The highest BCUT2D eigenvalue weighted by atomic mass is 79.9. The first-order chi connectivity index (χ1) is 12.5. The monoisotopic (exact) mass is 410 g/mol. The fraction of sp³-hybridized carbons (Fsp3) is 0.143. The minimum atomic E-state index is -0.131. The van der Waals surface area contributed by atoms with Gasteiger partial charge in [-0.1, -0.05) is 30.3 Å². The number of pyridine rings is 1. The molecule has 26 heavy (non-hydrogen) atoms. The summed E-state index contributed by atoms with van der Waals surface area (Å²) in [4.78, 5) is 16.6. The van der Waals surface area contributed by atoms with E-state index in [1.807, 2.05) is 62.4 Å². The minimum absolute atomic E-state index is 0.131. The smallest absolute Gasteiger partial charge is 0.252 e. The summed E-state index contributed by atoms with van der Waals surface area (Å²) < 4.78 is 6.62. The van der Waals surface area contributed by atoms with Gasteiger partial charge in [-0.3, -0.25) is 4.79 Å². The fourth-order valence-corrected chi connectivity index (χ4v) is 2.89. The van der Waals surface area contributed by atoms with Crippen LogP contribution in [0.1, 0.15) is 27.0 Å². The summed E-state index contributed by atoms with van der Waals surface area (Å²) in [5, 5.41) is 2.89. The third-order valence-corrected chi connectivity index (χ3v) is 4.62. The van der Waals surface area contributed by atoms with Gasteiger partial charge in [0.1, 0.15) is 5.75 Å². The molecule has 0 spiro atoms. The SMILES string of the molecule is Cc1ccc(C)c(Oc2ccc(CNC(=O)c3ccccc3Br)cn2)c1. The van der Waals surface area contributed by atoms with Crippen LogP contribution in [0.3, 0.4) is 0 Å². The van der Waals surface area contributed by atoms with Crippen molar-refractivity contribution in [3.05, 3.63) is 87.5 Å². The maximum absolute atomic E-state index is 12.2. The number of hydrogen-bond donors (Lipinski definition) is 1. The molecule has 0 aliphatic rings. The quantitative estimate of drug-likeness (QED) is 0.629. The van der Waals surface area contributed by atoms with Crippen molar-refractivity contribution in [1.29, 1.82) is 0 Å². The first kappa shape index (κ1) is 18.1. The fourth-order valence-electron chi connectivity index (χ4n) is 2.43. The van der Waals surface area contributed by atoms with E-state index in [4.69, 9.17) is 4.74 Å². The lowest BCUT2D eigenvalue weighted by molar-refractivity contribution is 0.0950. The molecular formula is C21H19BrN2O2. The van der Waals surface area contributed by atoms with Gasteiger partial charge in [-0.05, 0) is 64.7 Å². The third kappa shape index (κ3) is 4.49. The van der Waals surface area contributed by atoms with Crippen molar-refractivity contribution in [3.63, 3.8) is 0 Å². The number of halogens is 1. The summed E-state index contributed by atoms with van der Waals surface area (Å²) in [6.45, 7) is 4.42. The number of carbonyl (C=O) groups is 1. The highest BCUT2D eigenvalue weighted by Crippen LogP contribution is 2.24. The Kier molecular flexibility index (Phi) is 5.68. The van der Waals surface area contributed by atoms with Crippen LogP contribution in [0.5, 0.6) is 11.6 Å². The maximum atomic E-state index is 12.2. The second-order valence-electron chi connectivity index (χ2n) is 6.04. The normalized spacial score (nSPS) is 10.4. The van der Waals surface area contributed by atoms with Crippen molar-refractivity contribution in [1.82, 2.24) is 10.3 Å². The highest BCUT2D eigenvalue weighted by Gasteiger charge is 2.09. The molecule has 0 radical (unpaired) electrons. The van der Waals surface area contributed by atoms with Crippen LogP contribution in [0.4, 0.5) is 0 Å². The summed E-state index contributed by atoms with van der Waals surface area (Å²) in [6, 6.07) is 17.1. The van der Waals surface area contributed by atoms with Gasteiger partial charge in [-0.2, -0.15) is 0 Å². The number of hydrogen-bond acceptors (Lipinski definition) is 3. The van der Waals surface area contributed by atoms with Gasteiger partial charge in [0.15, 0.2) is 0 Å². The van der Waals surface area contributed by atoms with Gasteiger partial charge in [0, 0.05) is 23.3 Å². The van der Waals surface area contributed by atoms with Crippen molar-refractivity contribution in [2.24, 2.45) is 0 Å². The zero-order chi connectivity index (χ0) is 18.5. The molecule has 1 N–H and O–H groups in total. The number of aryl methyl sites for hydroxylation is 2. The summed E-state index contributed by atoms with van der Waals surface area (Å²) in [5.41, 5.74) is 3.70. The number of carbonyl (C=O) groups excluding carboxylic acids is 1. The lowest BCUT2D eigenvalue weighted by atomic mass is 10.1. The van der Waals surface area contributed by atoms with Crippen molar-refractivity contribution in [3.8, 4) is 11.6 Å². The van der Waals surface area contributed by atoms with Crippen molar-refractivity contribution >= 4 is 21.8 Å². The van der Waals surface area contributed by atoms with E-state index in [1.165, 1.54) is 0 Å². The van der Waals surface area contributed by atoms with Crippen LogP contribution < -0.4 is 10.1 Å². The van der Waals surface area contributed by atoms with E-state index in [2.05, 4.69) is 26.2 Å². The Bertz CT molecular complexity index is 924. The molecule has 1 amide bonds. The lowest BCUT2D eigenvalue weighted by Crippen LogP contribution is -2.23. The van der Waals surface area contributed by atoms with Crippen LogP contribution in [0.25, 0.3) is 0 Å². The average Bonchev–Trinajstić information content (AvgIpc) is 2.64. The van der Waals surface area contributed by atoms with E-state index >= 15 is 0 Å². The number of rotatable bonds is 5. The molecule has 0 unspecified atom stereocenters. The Labute approximate surface area is 161 Å². The first-order valence-electron chi connectivity index (χ1n) is 8.26. The molecule has 3 aromatic rings. The van der Waals surface area contributed by atoms with Gasteiger partial charge in [0.25, 0.3) is 5.91 Å². The Morgan fingerprint density at radius 2 is 1.92 bits per heavy atom. The van der Waals surface area contributed by atoms with E-state index in [0.29, 0.717) is 18.0 Å². The number of amides is 1. The molecule has 5 heteroatoms. The molecule has 1 aromatic heterocycles. The molecule has 0 aliphatic carbocycles. The predicted molar refractivity (Wildman–Crippen MR) is 106 cm³/mol. The highest BCUT2D eigenvalue weighted by molar-refractivity contribution is 9.10. The molecule has 1 heterocycles. The zero-order valence-electron chi connectivity index (χ0n) is 14.6. The van der Waals surface area contributed by atoms with Crippen molar-refractivity contribution in [2.75, 3.05) is 0 Å². The number of aromatic nitrogens is 1. The minimum Gasteiger partial charge on any atom is -0.439 e. The van der Waals surface area contributed by atoms with Crippen molar-refractivity contribution in [2.45, 2.75) is 20.4 Å². The summed E-state index contributed by atoms with van der Waals surface area (Å²) >= 11 is 3.39. The molecule has 4 nitrogen and oxygen atoms in total. The topological polar surface area (TPSA) is 51.2 Å². The van der Waals surface area contributed by atoms with Gasteiger partial charge in [0.2, 0.25) is 5.88 Å². The van der Waals surface area contributed by atoms with Gasteiger partial charge >= 0.3 is 0 Å². The molecule has 0 saturated heterocycles. The van der Waals surface area contributed by atoms with Crippen LogP contribution in [0, 0.1) is 13.8 Å². The summed E-state index contributed by atoms with van der Waals surface area (Å²) in [6.07, 6.45) is 1.71. The summed E-state index contributed by atoms with van der Waals surface area (Å²) in [5.74, 6) is 1.19. The van der Waals surface area contributed by atoms with Crippen LogP contribution in [-0.4, -0.2) is 10.9 Å². The third-order valence-electron chi connectivity index (χ3n) is 3.93. The Balaban J connectivity index is 1.62. The molecule has 132 valence electrons. The first-order valence-corrected chi connectivity index (χ1v) is 9.05. The predicted octanol–water partition coefficient (Wildman–Crippen LogP) is 5.18. The van der Waals surface area contributed by atoms with Crippen LogP contribution in [0.15, 0.2) is 65.3 Å². The lowest BCUT2D eigenvalue weighted by Gasteiger charge is -2.10. The molecule has 0 atom stereocenters. The molecule has 0 aliphatic heterocycles. The van der Waals surface area contributed by atoms with Crippen LogP contribution in [0.2, 0.25) is 0 Å². The van der Waals surface area contributed by atoms with Crippen LogP contribution >= 0.6 is 15.9 Å². The van der Waals surface area contributed by atoms with E-state index in [1.54, 1.807) is 12.3 Å². The second-order valence-corrected chi connectivity index (χ2v) is 6.89. The van der Waals surface area contributed by atoms with E-state index < -0.39 is 0 Å². The molecule has 0 bridgehead atoms. The second kappa shape index (κ2) is 8.15. The van der Waals surface area contributed by atoms with E-state index in [9.17, 15) is 4.79 Å². The molecule has 0 saturated carbocycles. The maximum Gasteiger partial charge on any atom is 0.252 e. The Morgan fingerprint density at radius 3 is 2.65 bits per heavy atom. The standard InChI is InChI=1S/C21H19BrN2O2/c1-14-7-8-15(2)19(11-14)26-20-10-9-16(12-23-20)13-24-21(25)17-5-3-4-6-18(17)22/h3-12H,13H2,1-2H3,(H,24,25). The Morgan fingerprint density at radius 1 is 1.12 bits per heavy atom. The summed E-state index contributed by atoms with van der Waals surface area (Å²) in [7, 11) is 0. The number of nitrogens with zero attached hydrogens (tertiary/aromatic N) is 1. The van der Waals surface area contributed by atoms with Gasteiger partial charge < -0.3 is 10.1 Å². The van der Waals surface area contributed by atoms with E-state index in [-0.39, 0.29) is 5.91 Å². The molecule has 3 rings (SSSR count). The average molecular weight is 411 g/mol. The number of ether oxygens (including phenoxy) is 1. The number of benzene rings is 2. The van der Waals surface area contributed by atoms with Gasteiger partial charge in [-0.25, -0.2) is 4.98 Å². The van der Waals surface area contributed by atoms with E-state index in [0.717, 1.165) is 26.9 Å². The number of nitrogens with one attached hydrogen (secondary N) is 1. The van der Waals surface area contributed by atoms with Crippen molar-refractivity contribution < 1.29 is 9.53 Å². The molecule has 0 fully saturated rings.